The molecule has 0 aliphatic rings. The normalized spacial score (nSPS) is 9.55. The average Bonchev–Trinajstić information content (AvgIpc) is 2.44. The lowest BCUT2D eigenvalue weighted by atomic mass is 10.3. The molecule has 118 valence electrons. The summed E-state index contributed by atoms with van der Waals surface area (Å²) in [4.78, 5) is 33.3. The van der Waals surface area contributed by atoms with E-state index in [1.807, 2.05) is 0 Å². The molecule has 0 aromatic heterocycles. The molecule has 1 rings (SSSR count). The summed E-state index contributed by atoms with van der Waals surface area (Å²) in [6.45, 7) is 6.39. The van der Waals surface area contributed by atoms with Crippen molar-refractivity contribution >= 4 is 18.0 Å². The minimum Gasteiger partial charge on any atom is -0.460 e. The molecular formula is C15H17NO6. The Bertz CT molecular complexity index is 564. The maximum absolute atomic E-state index is 11.5. The van der Waals surface area contributed by atoms with Gasteiger partial charge in [0.15, 0.2) is 0 Å². The van der Waals surface area contributed by atoms with Gasteiger partial charge in [-0.25, -0.2) is 9.59 Å². The monoisotopic (exact) mass is 307 g/mol. The number of esters is 2. The number of amides is 1. The minimum atomic E-state index is -0.688. The highest BCUT2D eigenvalue weighted by Crippen LogP contribution is 2.17. The van der Waals surface area contributed by atoms with Crippen molar-refractivity contribution in [3.8, 4) is 11.5 Å². The molecule has 1 amide bonds. The molecule has 7 heteroatoms. The molecule has 1 aromatic carbocycles. The Kier molecular flexibility index (Phi) is 6.62. The van der Waals surface area contributed by atoms with Crippen LogP contribution in [-0.2, 0) is 14.3 Å². The fourth-order valence-corrected chi connectivity index (χ4v) is 1.30. The van der Waals surface area contributed by atoms with E-state index in [9.17, 15) is 14.4 Å². The van der Waals surface area contributed by atoms with E-state index in [4.69, 9.17) is 14.2 Å². The van der Waals surface area contributed by atoms with Crippen LogP contribution < -0.4 is 14.8 Å². The fourth-order valence-electron chi connectivity index (χ4n) is 1.30. The molecule has 7 nitrogen and oxygen atoms in total. The molecule has 0 saturated heterocycles. The van der Waals surface area contributed by atoms with Crippen molar-refractivity contribution in [3.05, 3.63) is 36.4 Å². The Morgan fingerprint density at radius 1 is 1.05 bits per heavy atom. The van der Waals surface area contributed by atoms with Crippen molar-refractivity contribution < 1.29 is 28.6 Å². The Balaban J connectivity index is 2.31. The van der Waals surface area contributed by atoms with Crippen LogP contribution in [-0.4, -0.2) is 31.2 Å². The largest absolute Gasteiger partial charge is 0.460 e. The zero-order valence-electron chi connectivity index (χ0n) is 12.4. The van der Waals surface area contributed by atoms with Gasteiger partial charge in [-0.3, -0.25) is 4.79 Å². The first-order valence-electron chi connectivity index (χ1n) is 6.45. The van der Waals surface area contributed by atoms with Gasteiger partial charge in [0.1, 0.15) is 18.1 Å². The van der Waals surface area contributed by atoms with Gasteiger partial charge in [-0.2, -0.15) is 0 Å². The van der Waals surface area contributed by atoms with Crippen LogP contribution in [0.4, 0.5) is 4.79 Å². The van der Waals surface area contributed by atoms with Crippen LogP contribution in [0.1, 0.15) is 13.8 Å². The standard InChI is InChI=1S/C15H17NO6/c1-10(2)14(18)20-9-8-16-15(19)22-13-6-4-12(5-7-13)21-11(3)17/h4-7H,1,8-9H2,2-3H3,(H,16,19). The van der Waals surface area contributed by atoms with Crippen LogP contribution in [0.3, 0.4) is 0 Å². The zero-order valence-corrected chi connectivity index (χ0v) is 12.4. The summed E-state index contributed by atoms with van der Waals surface area (Å²) in [5.74, 6) is -0.314. The molecule has 1 N–H and O–H groups in total. The van der Waals surface area contributed by atoms with E-state index in [1.165, 1.54) is 38.1 Å². The molecule has 1 aromatic rings. The van der Waals surface area contributed by atoms with Crippen molar-refractivity contribution in [1.82, 2.24) is 5.32 Å². The maximum Gasteiger partial charge on any atom is 0.412 e. The lowest BCUT2D eigenvalue weighted by molar-refractivity contribution is -0.138. The maximum atomic E-state index is 11.5. The third kappa shape index (κ3) is 6.56. The highest BCUT2D eigenvalue weighted by Gasteiger charge is 2.06. The molecule has 0 saturated carbocycles. The number of rotatable bonds is 6. The van der Waals surface area contributed by atoms with Crippen LogP contribution >= 0.6 is 0 Å². The zero-order chi connectivity index (χ0) is 16.5. The van der Waals surface area contributed by atoms with Gasteiger partial charge in [0.25, 0.3) is 0 Å². The summed E-state index contributed by atoms with van der Waals surface area (Å²) in [5, 5.41) is 2.42. The number of hydrogen-bond donors (Lipinski definition) is 1. The highest BCUT2D eigenvalue weighted by molar-refractivity contribution is 5.86. The minimum absolute atomic E-state index is 0.0200. The third-order valence-corrected chi connectivity index (χ3v) is 2.25. The van der Waals surface area contributed by atoms with Crippen LogP contribution in [0.2, 0.25) is 0 Å². The molecule has 0 radical (unpaired) electrons. The third-order valence-electron chi connectivity index (χ3n) is 2.25. The number of benzene rings is 1. The second-order valence-electron chi connectivity index (χ2n) is 4.30. The summed E-state index contributed by atoms with van der Waals surface area (Å²) in [7, 11) is 0. The first kappa shape index (κ1) is 17.2. The van der Waals surface area contributed by atoms with Crippen LogP contribution in [0.5, 0.6) is 11.5 Å². The number of carbonyl (C=O) groups excluding carboxylic acids is 3. The van der Waals surface area contributed by atoms with Crippen LogP contribution in [0, 0.1) is 0 Å². The van der Waals surface area contributed by atoms with Gasteiger partial charge in [0.05, 0.1) is 6.54 Å². The van der Waals surface area contributed by atoms with Gasteiger partial charge in [-0.1, -0.05) is 6.58 Å². The number of carbonyl (C=O) groups is 3. The second kappa shape index (κ2) is 8.46. The van der Waals surface area contributed by atoms with E-state index in [0.29, 0.717) is 5.75 Å². The molecule has 0 bridgehead atoms. The SMILES string of the molecule is C=C(C)C(=O)OCCNC(=O)Oc1ccc(OC(C)=O)cc1. The summed E-state index contributed by atoms with van der Waals surface area (Å²) >= 11 is 0. The van der Waals surface area contributed by atoms with Gasteiger partial charge in [-0.05, 0) is 31.2 Å². The van der Waals surface area contributed by atoms with E-state index in [-0.39, 0.29) is 24.5 Å². The highest BCUT2D eigenvalue weighted by atomic mass is 16.6. The van der Waals surface area contributed by atoms with Gasteiger partial charge >= 0.3 is 18.0 Å². The second-order valence-corrected chi connectivity index (χ2v) is 4.30. The molecular weight excluding hydrogens is 290 g/mol. The first-order valence-corrected chi connectivity index (χ1v) is 6.45. The molecule has 22 heavy (non-hydrogen) atoms. The fraction of sp³-hybridized carbons (Fsp3) is 0.267. The summed E-state index contributed by atoms with van der Waals surface area (Å²) < 4.78 is 14.6. The Hall–Kier alpha value is -2.83. The smallest absolute Gasteiger partial charge is 0.412 e. The molecule has 0 atom stereocenters. The van der Waals surface area contributed by atoms with Gasteiger partial charge < -0.3 is 19.5 Å². The van der Waals surface area contributed by atoms with E-state index >= 15 is 0 Å². The van der Waals surface area contributed by atoms with Crippen LogP contribution in [0.15, 0.2) is 36.4 Å². The van der Waals surface area contributed by atoms with Gasteiger partial charge in [-0.15, -0.1) is 0 Å². The van der Waals surface area contributed by atoms with Crippen molar-refractivity contribution in [2.24, 2.45) is 0 Å². The van der Waals surface area contributed by atoms with Crippen molar-refractivity contribution in [1.29, 1.82) is 0 Å². The Labute approximate surface area is 127 Å². The topological polar surface area (TPSA) is 90.9 Å². The predicted octanol–water partition coefficient (Wildman–Crippen LogP) is 1.82. The van der Waals surface area contributed by atoms with Crippen molar-refractivity contribution in [2.75, 3.05) is 13.2 Å². The first-order chi connectivity index (χ1) is 10.4. The molecule has 0 unspecified atom stereocenters. The Morgan fingerprint density at radius 2 is 1.59 bits per heavy atom. The molecule has 0 aliphatic carbocycles. The van der Waals surface area contributed by atoms with E-state index in [0.717, 1.165) is 0 Å². The number of nitrogens with one attached hydrogen (secondary N) is 1. The lowest BCUT2D eigenvalue weighted by Gasteiger charge is -2.08. The van der Waals surface area contributed by atoms with E-state index in [2.05, 4.69) is 11.9 Å². The van der Waals surface area contributed by atoms with Crippen molar-refractivity contribution in [3.63, 3.8) is 0 Å². The molecule has 0 fully saturated rings. The number of hydrogen-bond acceptors (Lipinski definition) is 6. The van der Waals surface area contributed by atoms with E-state index < -0.39 is 18.0 Å². The quantitative estimate of drug-likeness (QED) is 0.373. The summed E-state index contributed by atoms with van der Waals surface area (Å²) in [6.07, 6.45) is -0.688. The van der Waals surface area contributed by atoms with Crippen LogP contribution in [0.25, 0.3) is 0 Å². The van der Waals surface area contributed by atoms with Gasteiger partial charge in [0.2, 0.25) is 0 Å². The van der Waals surface area contributed by atoms with E-state index in [1.54, 1.807) is 0 Å². The molecule has 0 spiro atoms. The molecule has 0 heterocycles. The number of ether oxygens (including phenoxy) is 3. The average molecular weight is 307 g/mol. The Morgan fingerprint density at radius 3 is 2.09 bits per heavy atom. The molecule has 0 aliphatic heterocycles. The summed E-state index contributed by atoms with van der Waals surface area (Å²) in [6, 6.07) is 5.97. The summed E-state index contributed by atoms with van der Waals surface area (Å²) in [5.41, 5.74) is 0.287. The van der Waals surface area contributed by atoms with Gasteiger partial charge in [0, 0.05) is 12.5 Å². The lowest BCUT2D eigenvalue weighted by Crippen LogP contribution is -2.30. The predicted molar refractivity (Wildman–Crippen MR) is 77.6 cm³/mol. The van der Waals surface area contributed by atoms with Crippen molar-refractivity contribution in [2.45, 2.75) is 13.8 Å².